The van der Waals surface area contributed by atoms with Gasteiger partial charge in [0.1, 0.15) is 5.01 Å². The molecule has 3 aromatic rings. The van der Waals surface area contributed by atoms with Gasteiger partial charge in [0.05, 0.1) is 38.0 Å². The number of halogens is 3. The van der Waals surface area contributed by atoms with Crippen LogP contribution in [0.4, 0.5) is 13.2 Å². The fraction of sp³-hybridized carbons (Fsp3) is 0.273. The molecule has 0 aliphatic carbocycles. The minimum Gasteiger partial charge on any atom is -0.493 e. The fourth-order valence-electron chi connectivity index (χ4n) is 3.08. The van der Waals surface area contributed by atoms with Crippen molar-refractivity contribution in [2.24, 2.45) is 0 Å². The van der Waals surface area contributed by atoms with Crippen LogP contribution in [0, 0.1) is 0 Å². The van der Waals surface area contributed by atoms with Crippen molar-refractivity contribution in [3.8, 4) is 22.1 Å². The molecule has 0 aliphatic rings. The van der Waals surface area contributed by atoms with Crippen molar-refractivity contribution in [1.29, 1.82) is 0 Å². The molecule has 2 N–H and O–H groups in total. The smallest absolute Gasteiger partial charge is 0.416 e. The monoisotopic (exact) mass is 466 g/mol. The summed E-state index contributed by atoms with van der Waals surface area (Å²) in [4.78, 5) is 16.7. The van der Waals surface area contributed by atoms with E-state index in [1.54, 1.807) is 17.5 Å². The summed E-state index contributed by atoms with van der Waals surface area (Å²) in [5, 5.41) is 15.0. The number of hydrogen-bond acceptors (Lipinski definition) is 6. The summed E-state index contributed by atoms with van der Waals surface area (Å²) in [7, 11) is 3.07. The highest BCUT2D eigenvalue weighted by Gasteiger charge is 2.34. The Morgan fingerprint density at radius 1 is 1.16 bits per heavy atom. The molecule has 0 saturated heterocycles. The Bertz CT molecular complexity index is 1090. The lowest BCUT2D eigenvalue weighted by Gasteiger charge is -2.17. The number of aliphatic hydroxyl groups excluding tert-OH is 1. The largest absolute Gasteiger partial charge is 0.493 e. The first-order valence-electron chi connectivity index (χ1n) is 9.50. The van der Waals surface area contributed by atoms with E-state index >= 15 is 0 Å². The zero-order valence-corrected chi connectivity index (χ0v) is 18.1. The van der Waals surface area contributed by atoms with Crippen molar-refractivity contribution in [2.45, 2.75) is 18.7 Å². The first-order valence-corrected chi connectivity index (χ1v) is 10.4. The van der Waals surface area contributed by atoms with Gasteiger partial charge in [0, 0.05) is 17.5 Å². The SMILES string of the molecule is COc1ccc(-c2nc(CC(=O)NCC(O)c3ccccc3C(F)(F)F)cs2)cc1OC. The van der Waals surface area contributed by atoms with Crippen molar-refractivity contribution in [3.63, 3.8) is 0 Å². The van der Waals surface area contributed by atoms with Crippen molar-refractivity contribution in [3.05, 3.63) is 64.7 Å². The first-order chi connectivity index (χ1) is 15.2. The van der Waals surface area contributed by atoms with Gasteiger partial charge in [-0.25, -0.2) is 4.98 Å². The zero-order chi connectivity index (χ0) is 23.3. The van der Waals surface area contributed by atoms with Gasteiger partial charge < -0.3 is 19.9 Å². The molecule has 3 rings (SSSR count). The van der Waals surface area contributed by atoms with Crippen LogP contribution in [0.2, 0.25) is 0 Å². The Morgan fingerprint density at radius 3 is 2.56 bits per heavy atom. The molecular formula is C22H21F3N2O4S. The van der Waals surface area contributed by atoms with Crippen LogP contribution in [-0.4, -0.2) is 36.8 Å². The second kappa shape index (κ2) is 10.0. The van der Waals surface area contributed by atoms with Crippen LogP contribution >= 0.6 is 11.3 Å². The number of thiazole rings is 1. The second-order valence-corrected chi connectivity index (χ2v) is 7.65. The van der Waals surface area contributed by atoms with Crippen LogP contribution in [0.15, 0.2) is 47.8 Å². The third-order valence-electron chi connectivity index (χ3n) is 4.64. The maximum Gasteiger partial charge on any atom is 0.416 e. The molecule has 170 valence electrons. The van der Waals surface area contributed by atoms with Gasteiger partial charge in [-0.15, -0.1) is 11.3 Å². The summed E-state index contributed by atoms with van der Waals surface area (Å²) in [6.45, 7) is -0.349. The Balaban J connectivity index is 1.62. The zero-order valence-electron chi connectivity index (χ0n) is 17.3. The number of methoxy groups -OCH3 is 2. The molecule has 1 amide bonds. The predicted molar refractivity (Wildman–Crippen MR) is 114 cm³/mol. The molecule has 0 saturated carbocycles. The van der Waals surface area contributed by atoms with E-state index in [0.29, 0.717) is 22.2 Å². The van der Waals surface area contributed by atoms with E-state index in [0.717, 1.165) is 11.6 Å². The summed E-state index contributed by atoms with van der Waals surface area (Å²) in [5.74, 6) is 0.670. The molecule has 0 aliphatic heterocycles. The maximum absolute atomic E-state index is 13.1. The van der Waals surface area contributed by atoms with Crippen molar-refractivity contribution in [2.75, 3.05) is 20.8 Å². The molecule has 32 heavy (non-hydrogen) atoms. The van der Waals surface area contributed by atoms with Gasteiger partial charge in [-0.05, 0) is 29.8 Å². The number of amides is 1. The standard InChI is InChI=1S/C22H21F3N2O4S/c1-30-18-8-7-13(9-19(18)31-2)21-27-14(12-32-21)10-20(29)26-11-17(28)15-5-3-4-6-16(15)22(23,24)25/h3-9,12,17,28H,10-11H2,1-2H3,(H,26,29). The number of carbonyl (C=O) groups is 1. The first kappa shape index (κ1) is 23.6. The molecule has 0 spiro atoms. The van der Waals surface area contributed by atoms with Crippen LogP contribution in [0.25, 0.3) is 10.6 Å². The summed E-state index contributed by atoms with van der Waals surface area (Å²) < 4.78 is 49.8. The molecule has 1 unspecified atom stereocenters. The van der Waals surface area contributed by atoms with Crippen LogP contribution in [0.1, 0.15) is 22.9 Å². The third-order valence-corrected chi connectivity index (χ3v) is 5.58. The number of nitrogens with one attached hydrogen (secondary N) is 1. The van der Waals surface area contributed by atoms with Gasteiger partial charge in [-0.3, -0.25) is 4.79 Å². The summed E-state index contributed by atoms with van der Waals surface area (Å²) in [5.41, 5.74) is 0.0754. The Hall–Kier alpha value is -3.11. The summed E-state index contributed by atoms with van der Waals surface area (Å²) in [6.07, 6.45) is -6.16. The molecule has 10 heteroatoms. The average Bonchev–Trinajstić information content (AvgIpc) is 3.24. The number of benzene rings is 2. The van der Waals surface area contributed by atoms with Crippen molar-refractivity contribution < 1.29 is 32.5 Å². The number of hydrogen-bond donors (Lipinski definition) is 2. The highest BCUT2D eigenvalue weighted by molar-refractivity contribution is 7.13. The van der Waals surface area contributed by atoms with Crippen molar-refractivity contribution >= 4 is 17.2 Å². The highest BCUT2D eigenvalue weighted by Crippen LogP contribution is 2.35. The van der Waals surface area contributed by atoms with E-state index in [-0.39, 0.29) is 18.5 Å². The minimum absolute atomic E-state index is 0.0720. The third kappa shape index (κ3) is 5.57. The number of alkyl halides is 3. The van der Waals surface area contributed by atoms with Gasteiger partial charge in [0.2, 0.25) is 5.91 Å². The van der Waals surface area contributed by atoms with Gasteiger partial charge in [-0.1, -0.05) is 18.2 Å². The number of nitrogens with zero attached hydrogens (tertiary/aromatic N) is 1. The van der Waals surface area contributed by atoms with Crippen molar-refractivity contribution in [1.82, 2.24) is 10.3 Å². The highest BCUT2D eigenvalue weighted by atomic mass is 32.1. The Kier molecular flexibility index (Phi) is 7.37. The van der Waals surface area contributed by atoms with E-state index in [1.165, 1.54) is 43.8 Å². The summed E-state index contributed by atoms with van der Waals surface area (Å²) >= 11 is 1.34. The van der Waals surface area contributed by atoms with Gasteiger partial charge in [-0.2, -0.15) is 13.2 Å². The predicted octanol–water partition coefficient (Wildman–Crippen LogP) is 4.24. The van der Waals surface area contributed by atoms with E-state index < -0.39 is 23.8 Å². The molecule has 2 aromatic carbocycles. The molecule has 6 nitrogen and oxygen atoms in total. The topological polar surface area (TPSA) is 80.7 Å². The molecule has 1 atom stereocenters. The van der Waals surface area contributed by atoms with E-state index in [9.17, 15) is 23.1 Å². The lowest BCUT2D eigenvalue weighted by Crippen LogP contribution is -2.30. The molecule has 0 fully saturated rings. The molecule has 0 bridgehead atoms. The van der Waals surface area contributed by atoms with Crippen LogP contribution in [0.3, 0.4) is 0 Å². The average molecular weight is 466 g/mol. The number of carbonyl (C=O) groups excluding carboxylic acids is 1. The van der Waals surface area contributed by atoms with Crippen LogP contribution < -0.4 is 14.8 Å². The second-order valence-electron chi connectivity index (χ2n) is 6.80. The van der Waals surface area contributed by atoms with E-state index in [1.807, 2.05) is 6.07 Å². The Morgan fingerprint density at radius 2 is 1.88 bits per heavy atom. The number of aromatic nitrogens is 1. The quantitative estimate of drug-likeness (QED) is 0.519. The van der Waals surface area contributed by atoms with Crippen LogP contribution in [0.5, 0.6) is 11.5 Å². The normalized spacial score (nSPS) is 12.3. The van der Waals surface area contributed by atoms with E-state index in [4.69, 9.17) is 9.47 Å². The number of ether oxygens (including phenoxy) is 2. The number of aliphatic hydroxyl groups is 1. The molecule has 1 aromatic heterocycles. The Labute approximate surface area is 186 Å². The van der Waals surface area contributed by atoms with E-state index in [2.05, 4.69) is 10.3 Å². The van der Waals surface area contributed by atoms with Gasteiger partial charge in [0.15, 0.2) is 11.5 Å². The summed E-state index contributed by atoms with van der Waals surface area (Å²) in [6, 6.07) is 10.1. The van der Waals surface area contributed by atoms with Gasteiger partial charge >= 0.3 is 6.18 Å². The molecular weight excluding hydrogens is 445 g/mol. The number of rotatable bonds is 8. The minimum atomic E-state index is -4.59. The lowest BCUT2D eigenvalue weighted by molar-refractivity contribution is -0.139. The van der Waals surface area contributed by atoms with Gasteiger partial charge in [0.25, 0.3) is 0 Å². The maximum atomic E-state index is 13.1. The lowest BCUT2D eigenvalue weighted by atomic mass is 10.0. The molecule has 1 heterocycles. The fourth-order valence-corrected chi connectivity index (χ4v) is 3.90. The molecule has 0 radical (unpaired) electrons. The van der Waals surface area contributed by atoms with Crippen LogP contribution in [-0.2, 0) is 17.4 Å².